The number of anilines is 1. The molecule has 1 aromatic heterocycles. The molecule has 0 spiro atoms. The van der Waals surface area contributed by atoms with Gasteiger partial charge in [0, 0.05) is 10.9 Å². The second kappa shape index (κ2) is 7.09. The average molecular weight is 376 g/mol. The predicted molar refractivity (Wildman–Crippen MR) is 82.7 cm³/mol. The van der Waals surface area contributed by atoms with E-state index in [0.717, 1.165) is 16.2 Å². The number of thiophene rings is 1. The number of halogens is 4. The molecule has 0 saturated heterocycles. The van der Waals surface area contributed by atoms with Gasteiger partial charge in [-0.1, -0.05) is 0 Å². The van der Waals surface area contributed by atoms with Gasteiger partial charge in [-0.2, -0.15) is 8.78 Å². The van der Waals surface area contributed by atoms with E-state index in [1.807, 2.05) is 0 Å². The summed E-state index contributed by atoms with van der Waals surface area (Å²) in [5.41, 5.74) is 5.93. The van der Waals surface area contributed by atoms with Crippen LogP contribution in [0, 0.1) is 37.1 Å². The molecule has 2 rings (SSSR count). The predicted octanol–water partition coefficient (Wildman–Crippen LogP) is 3.04. The normalized spacial score (nSPS) is 10.6. The number of hydrogen-bond acceptors (Lipinski definition) is 4. The number of nitrogens with two attached hydrogens (primary N) is 1. The second-order valence-electron chi connectivity index (χ2n) is 4.99. The SMILES string of the molecule is Cc1sc(NC(=O)COc2c(F)c(F)cc(F)c2F)c(C(N)=O)c1C. The Bertz CT molecular complexity index is 841. The number of carbonyl (C=O) groups excluding carboxylic acids is 2. The molecular weight excluding hydrogens is 364 g/mol. The Morgan fingerprint density at radius 3 is 2.24 bits per heavy atom. The summed E-state index contributed by atoms with van der Waals surface area (Å²) in [6, 6.07) is 0.0218. The molecule has 10 heteroatoms. The minimum atomic E-state index is -1.76. The quantitative estimate of drug-likeness (QED) is 0.622. The lowest BCUT2D eigenvalue weighted by molar-refractivity contribution is -0.118. The van der Waals surface area contributed by atoms with Gasteiger partial charge in [0.25, 0.3) is 11.8 Å². The van der Waals surface area contributed by atoms with Crippen LogP contribution in [0.25, 0.3) is 0 Å². The van der Waals surface area contributed by atoms with Crippen molar-refractivity contribution in [3.05, 3.63) is 45.3 Å². The van der Waals surface area contributed by atoms with Crippen molar-refractivity contribution in [3.63, 3.8) is 0 Å². The molecule has 1 heterocycles. The van der Waals surface area contributed by atoms with Gasteiger partial charge < -0.3 is 15.8 Å². The summed E-state index contributed by atoms with van der Waals surface area (Å²) in [4.78, 5) is 24.0. The molecule has 0 aliphatic heterocycles. The van der Waals surface area contributed by atoms with E-state index in [4.69, 9.17) is 5.73 Å². The fourth-order valence-corrected chi connectivity index (χ4v) is 3.07. The lowest BCUT2D eigenvalue weighted by Gasteiger charge is -2.10. The van der Waals surface area contributed by atoms with E-state index >= 15 is 0 Å². The molecule has 2 amide bonds. The van der Waals surface area contributed by atoms with E-state index in [-0.39, 0.29) is 16.6 Å². The van der Waals surface area contributed by atoms with Crippen LogP contribution in [0.2, 0.25) is 0 Å². The maximum atomic E-state index is 13.4. The monoisotopic (exact) mass is 376 g/mol. The molecule has 2 aromatic rings. The van der Waals surface area contributed by atoms with Crippen molar-refractivity contribution in [2.24, 2.45) is 5.73 Å². The summed E-state index contributed by atoms with van der Waals surface area (Å²) in [7, 11) is 0. The molecule has 0 radical (unpaired) electrons. The van der Waals surface area contributed by atoms with E-state index in [0.29, 0.717) is 5.56 Å². The van der Waals surface area contributed by atoms with Gasteiger partial charge >= 0.3 is 0 Å². The van der Waals surface area contributed by atoms with Gasteiger partial charge in [-0.15, -0.1) is 11.3 Å². The maximum absolute atomic E-state index is 13.4. The fourth-order valence-electron chi connectivity index (χ4n) is 1.99. The molecule has 0 bridgehead atoms. The zero-order valence-corrected chi connectivity index (χ0v) is 13.8. The molecule has 0 fully saturated rings. The first-order valence-corrected chi connectivity index (χ1v) is 7.60. The molecule has 0 unspecified atom stereocenters. The highest BCUT2D eigenvalue weighted by atomic mass is 32.1. The van der Waals surface area contributed by atoms with Crippen molar-refractivity contribution < 1.29 is 31.9 Å². The van der Waals surface area contributed by atoms with Gasteiger partial charge in [0.15, 0.2) is 24.0 Å². The third kappa shape index (κ3) is 3.73. The van der Waals surface area contributed by atoms with Crippen LogP contribution in [0.1, 0.15) is 20.8 Å². The molecule has 1 aromatic carbocycles. The van der Waals surface area contributed by atoms with Gasteiger partial charge in [0.2, 0.25) is 11.6 Å². The number of hydrogen-bond donors (Lipinski definition) is 2. The van der Waals surface area contributed by atoms with E-state index in [2.05, 4.69) is 10.1 Å². The number of ether oxygens (including phenoxy) is 1. The number of carbonyl (C=O) groups is 2. The Balaban J connectivity index is 2.16. The molecule has 134 valence electrons. The van der Waals surface area contributed by atoms with E-state index in [1.165, 1.54) is 0 Å². The van der Waals surface area contributed by atoms with E-state index in [1.54, 1.807) is 13.8 Å². The van der Waals surface area contributed by atoms with E-state index < -0.39 is 47.4 Å². The number of benzene rings is 1. The van der Waals surface area contributed by atoms with Crippen LogP contribution in [0.15, 0.2) is 6.07 Å². The number of aryl methyl sites for hydroxylation is 1. The summed E-state index contributed by atoms with van der Waals surface area (Å²) >= 11 is 1.07. The molecule has 3 N–H and O–H groups in total. The van der Waals surface area contributed by atoms with Crippen molar-refractivity contribution in [1.29, 1.82) is 0 Å². The molecule has 0 aliphatic rings. The van der Waals surface area contributed by atoms with Crippen molar-refractivity contribution >= 4 is 28.2 Å². The zero-order chi connectivity index (χ0) is 18.9. The smallest absolute Gasteiger partial charge is 0.262 e. The maximum Gasteiger partial charge on any atom is 0.262 e. The molecule has 0 atom stereocenters. The molecular formula is C15H12F4N2O3S. The lowest BCUT2D eigenvalue weighted by atomic mass is 10.1. The summed E-state index contributed by atoms with van der Waals surface area (Å²) < 4.78 is 57.6. The Morgan fingerprint density at radius 2 is 1.72 bits per heavy atom. The summed E-state index contributed by atoms with van der Waals surface area (Å²) in [5, 5.41) is 2.45. The average Bonchev–Trinajstić information content (AvgIpc) is 2.79. The van der Waals surface area contributed by atoms with Crippen LogP contribution in [-0.4, -0.2) is 18.4 Å². The summed E-state index contributed by atoms with van der Waals surface area (Å²) in [6.07, 6.45) is 0. The standard InChI is InChI=1S/C15H12F4N2O3S/c1-5-6(2)25-15(10(5)14(20)23)21-9(22)4-24-13-11(18)7(16)3-8(17)12(13)19/h3H,4H2,1-2H3,(H2,20,23)(H,21,22). The first-order valence-electron chi connectivity index (χ1n) is 6.78. The Labute approximate surface area is 143 Å². The molecule has 25 heavy (non-hydrogen) atoms. The molecule has 0 aliphatic carbocycles. The summed E-state index contributed by atoms with van der Waals surface area (Å²) in [5.74, 6) is -9.83. The highest BCUT2D eigenvalue weighted by Crippen LogP contribution is 2.32. The Morgan fingerprint density at radius 1 is 1.16 bits per heavy atom. The van der Waals surface area contributed by atoms with Gasteiger partial charge in [-0.25, -0.2) is 8.78 Å². The third-order valence-corrected chi connectivity index (χ3v) is 4.43. The topological polar surface area (TPSA) is 81.4 Å². The van der Waals surface area contributed by atoms with E-state index in [9.17, 15) is 27.2 Å². The molecule has 5 nitrogen and oxygen atoms in total. The van der Waals surface area contributed by atoms with Crippen LogP contribution in [0.4, 0.5) is 22.6 Å². The highest BCUT2D eigenvalue weighted by molar-refractivity contribution is 7.16. The fraction of sp³-hybridized carbons (Fsp3) is 0.200. The number of rotatable bonds is 5. The highest BCUT2D eigenvalue weighted by Gasteiger charge is 2.23. The Hall–Kier alpha value is -2.62. The number of amides is 2. The van der Waals surface area contributed by atoms with Crippen molar-refractivity contribution in [2.45, 2.75) is 13.8 Å². The van der Waals surface area contributed by atoms with Crippen LogP contribution in [0.5, 0.6) is 5.75 Å². The Kier molecular flexibility index (Phi) is 5.31. The molecule has 0 saturated carbocycles. The van der Waals surface area contributed by atoms with Gasteiger partial charge in [-0.05, 0) is 19.4 Å². The van der Waals surface area contributed by atoms with Gasteiger partial charge in [-0.3, -0.25) is 9.59 Å². The van der Waals surface area contributed by atoms with Crippen LogP contribution >= 0.6 is 11.3 Å². The van der Waals surface area contributed by atoms with Crippen molar-refractivity contribution in [2.75, 3.05) is 11.9 Å². The van der Waals surface area contributed by atoms with Crippen LogP contribution < -0.4 is 15.8 Å². The number of primary amides is 1. The van der Waals surface area contributed by atoms with Gasteiger partial charge in [0.1, 0.15) is 5.00 Å². The lowest BCUT2D eigenvalue weighted by Crippen LogP contribution is -2.23. The third-order valence-electron chi connectivity index (χ3n) is 3.30. The van der Waals surface area contributed by atoms with Crippen LogP contribution in [0.3, 0.4) is 0 Å². The zero-order valence-electron chi connectivity index (χ0n) is 13.0. The minimum Gasteiger partial charge on any atom is -0.477 e. The minimum absolute atomic E-state index is 0.0218. The van der Waals surface area contributed by atoms with Crippen molar-refractivity contribution in [1.82, 2.24) is 0 Å². The second-order valence-corrected chi connectivity index (χ2v) is 6.21. The number of nitrogens with one attached hydrogen (secondary N) is 1. The first-order chi connectivity index (χ1) is 11.6. The van der Waals surface area contributed by atoms with Crippen LogP contribution in [-0.2, 0) is 4.79 Å². The summed E-state index contributed by atoms with van der Waals surface area (Å²) in [6.45, 7) is 2.40. The largest absolute Gasteiger partial charge is 0.477 e. The first kappa shape index (κ1) is 18.7. The van der Waals surface area contributed by atoms with Gasteiger partial charge in [0.05, 0.1) is 5.56 Å². The van der Waals surface area contributed by atoms with Crippen molar-refractivity contribution in [3.8, 4) is 5.75 Å².